The SMILES string of the molecule is COc1ccc(C(=O)N2Cc3nc(C)nc(N4CCC4)c3C2)cc1Cl. The van der Waals surface area contributed by atoms with Gasteiger partial charge in [-0.3, -0.25) is 4.79 Å². The van der Waals surface area contributed by atoms with Crippen LogP contribution in [-0.4, -0.2) is 41.0 Å². The van der Waals surface area contributed by atoms with Gasteiger partial charge < -0.3 is 14.5 Å². The first-order valence-electron chi connectivity index (χ1n) is 8.31. The molecule has 0 saturated carbocycles. The van der Waals surface area contributed by atoms with Gasteiger partial charge in [0.2, 0.25) is 0 Å². The molecule has 1 fully saturated rings. The number of fused-ring (bicyclic) bond motifs is 1. The fourth-order valence-corrected chi connectivity index (χ4v) is 3.53. The summed E-state index contributed by atoms with van der Waals surface area (Å²) in [6.45, 7) is 4.97. The number of methoxy groups -OCH3 is 1. The molecule has 4 rings (SSSR count). The van der Waals surface area contributed by atoms with Crippen LogP contribution in [0.1, 0.15) is 33.9 Å². The minimum Gasteiger partial charge on any atom is -0.495 e. The van der Waals surface area contributed by atoms with Gasteiger partial charge in [-0.15, -0.1) is 0 Å². The van der Waals surface area contributed by atoms with E-state index in [0.29, 0.717) is 29.4 Å². The van der Waals surface area contributed by atoms with E-state index in [0.717, 1.165) is 36.0 Å². The van der Waals surface area contributed by atoms with Crippen LogP contribution in [0, 0.1) is 6.92 Å². The smallest absolute Gasteiger partial charge is 0.254 e. The average molecular weight is 359 g/mol. The first-order valence-corrected chi connectivity index (χ1v) is 8.69. The summed E-state index contributed by atoms with van der Waals surface area (Å²) < 4.78 is 5.15. The molecule has 6 nitrogen and oxygen atoms in total. The molecule has 2 aliphatic rings. The number of rotatable bonds is 3. The van der Waals surface area contributed by atoms with Crippen LogP contribution < -0.4 is 9.64 Å². The standard InChI is InChI=1S/C18H19ClN4O2/c1-11-20-15-10-23(9-13(15)17(21-11)22-6-3-7-22)18(24)12-4-5-16(25-2)14(19)8-12/h4-5,8H,3,6-7,9-10H2,1-2H3. The van der Waals surface area contributed by atoms with Crippen molar-refractivity contribution in [3.05, 3.63) is 45.9 Å². The minimum atomic E-state index is -0.0604. The Morgan fingerprint density at radius 3 is 2.68 bits per heavy atom. The second-order valence-electron chi connectivity index (χ2n) is 6.37. The van der Waals surface area contributed by atoms with Gasteiger partial charge in [0, 0.05) is 24.2 Å². The Hall–Kier alpha value is -2.34. The van der Waals surface area contributed by atoms with E-state index in [1.54, 1.807) is 30.2 Å². The van der Waals surface area contributed by atoms with Crippen LogP contribution in [0.3, 0.4) is 0 Å². The number of amides is 1. The van der Waals surface area contributed by atoms with Crippen LogP contribution in [0.2, 0.25) is 5.02 Å². The first kappa shape index (κ1) is 16.1. The number of benzene rings is 1. The highest BCUT2D eigenvalue weighted by molar-refractivity contribution is 6.32. The summed E-state index contributed by atoms with van der Waals surface area (Å²) in [7, 11) is 1.55. The lowest BCUT2D eigenvalue weighted by Gasteiger charge is -2.33. The Morgan fingerprint density at radius 1 is 1.24 bits per heavy atom. The molecule has 7 heteroatoms. The normalized spacial score (nSPS) is 15.8. The number of halogens is 1. The van der Waals surface area contributed by atoms with Gasteiger partial charge in [0.1, 0.15) is 17.4 Å². The highest BCUT2D eigenvalue weighted by atomic mass is 35.5. The van der Waals surface area contributed by atoms with E-state index < -0.39 is 0 Å². The van der Waals surface area contributed by atoms with Crippen molar-refractivity contribution < 1.29 is 9.53 Å². The van der Waals surface area contributed by atoms with Crippen LogP contribution in [0.25, 0.3) is 0 Å². The van der Waals surface area contributed by atoms with Crippen molar-refractivity contribution in [2.45, 2.75) is 26.4 Å². The van der Waals surface area contributed by atoms with Crippen LogP contribution in [0.15, 0.2) is 18.2 Å². The van der Waals surface area contributed by atoms with Crippen molar-refractivity contribution in [3.8, 4) is 5.75 Å². The number of nitrogens with zero attached hydrogens (tertiary/aromatic N) is 4. The molecule has 0 unspecified atom stereocenters. The summed E-state index contributed by atoms with van der Waals surface area (Å²) in [6, 6.07) is 5.11. The molecule has 0 N–H and O–H groups in total. The Bertz CT molecular complexity index is 851. The summed E-state index contributed by atoms with van der Waals surface area (Å²) in [5.41, 5.74) is 2.56. The summed E-state index contributed by atoms with van der Waals surface area (Å²) >= 11 is 6.16. The molecule has 1 amide bonds. The molecule has 3 heterocycles. The van der Waals surface area contributed by atoms with Crippen LogP contribution in [0.4, 0.5) is 5.82 Å². The second-order valence-corrected chi connectivity index (χ2v) is 6.78. The van der Waals surface area contributed by atoms with E-state index in [1.807, 2.05) is 6.92 Å². The summed E-state index contributed by atoms with van der Waals surface area (Å²) in [6.07, 6.45) is 1.19. The van der Waals surface area contributed by atoms with Crippen molar-refractivity contribution in [1.29, 1.82) is 0 Å². The summed E-state index contributed by atoms with van der Waals surface area (Å²) in [5, 5.41) is 0.432. The highest BCUT2D eigenvalue weighted by Crippen LogP contribution is 2.33. The maximum Gasteiger partial charge on any atom is 0.254 e. The van der Waals surface area contributed by atoms with Gasteiger partial charge in [-0.25, -0.2) is 9.97 Å². The van der Waals surface area contributed by atoms with Crippen molar-refractivity contribution in [3.63, 3.8) is 0 Å². The molecule has 2 aromatic rings. The Labute approximate surface area is 151 Å². The molecule has 0 atom stereocenters. The van der Waals surface area contributed by atoms with Gasteiger partial charge in [-0.2, -0.15) is 0 Å². The summed E-state index contributed by atoms with van der Waals surface area (Å²) in [5.74, 6) is 2.23. The van der Waals surface area contributed by atoms with Crippen LogP contribution in [-0.2, 0) is 13.1 Å². The molecule has 0 bridgehead atoms. The lowest BCUT2D eigenvalue weighted by atomic mass is 10.1. The number of anilines is 1. The lowest BCUT2D eigenvalue weighted by Crippen LogP contribution is -2.38. The zero-order valence-corrected chi connectivity index (χ0v) is 15.0. The van der Waals surface area contributed by atoms with Gasteiger partial charge in [0.05, 0.1) is 30.9 Å². The molecule has 2 aliphatic heterocycles. The second kappa shape index (κ2) is 6.19. The zero-order valence-electron chi connectivity index (χ0n) is 14.3. The number of hydrogen-bond donors (Lipinski definition) is 0. The maximum absolute atomic E-state index is 12.9. The molecule has 0 radical (unpaired) electrons. The van der Waals surface area contributed by atoms with Crippen molar-refractivity contribution in [2.24, 2.45) is 0 Å². The van der Waals surface area contributed by atoms with Gasteiger partial charge in [-0.05, 0) is 31.5 Å². The topological polar surface area (TPSA) is 58.6 Å². The van der Waals surface area contributed by atoms with Gasteiger partial charge in [0.15, 0.2) is 0 Å². The van der Waals surface area contributed by atoms with Gasteiger partial charge in [0.25, 0.3) is 5.91 Å². The quantitative estimate of drug-likeness (QED) is 0.844. The van der Waals surface area contributed by atoms with E-state index in [1.165, 1.54) is 6.42 Å². The average Bonchev–Trinajstić information content (AvgIpc) is 2.96. The molecule has 0 spiro atoms. The lowest BCUT2D eigenvalue weighted by molar-refractivity contribution is 0.0750. The van der Waals surface area contributed by atoms with E-state index in [2.05, 4.69) is 14.9 Å². The molecule has 130 valence electrons. The van der Waals surface area contributed by atoms with E-state index in [9.17, 15) is 4.79 Å². The Morgan fingerprint density at radius 2 is 2.04 bits per heavy atom. The number of ether oxygens (including phenoxy) is 1. The van der Waals surface area contributed by atoms with Crippen LogP contribution >= 0.6 is 11.6 Å². The molecule has 1 aromatic carbocycles. The molecule has 25 heavy (non-hydrogen) atoms. The predicted octanol–water partition coefficient (Wildman–Crippen LogP) is 2.81. The summed E-state index contributed by atoms with van der Waals surface area (Å²) in [4.78, 5) is 26.1. The molecular weight excluding hydrogens is 340 g/mol. The third kappa shape index (κ3) is 2.80. The minimum absolute atomic E-state index is 0.0604. The number of aromatic nitrogens is 2. The molecule has 1 aromatic heterocycles. The predicted molar refractivity (Wildman–Crippen MR) is 95.2 cm³/mol. The third-order valence-corrected chi connectivity index (χ3v) is 5.01. The van der Waals surface area contributed by atoms with Crippen LogP contribution in [0.5, 0.6) is 5.75 Å². The number of carbonyl (C=O) groups excluding carboxylic acids is 1. The monoisotopic (exact) mass is 358 g/mol. The van der Waals surface area contributed by atoms with E-state index in [-0.39, 0.29) is 5.91 Å². The van der Waals surface area contributed by atoms with E-state index >= 15 is 0 Å². The fraction of sp³-hybridized carbons (Fsp3) is 0.389. The Kier molecular flexibility index (Phi) is 4.00. The Balaban J connectivity index is 1.61. The van der Waals surface area contributed by atoms with Gasteiger partial charge in [-0.1, -0.05) is 11.6 Å². The van der Waals surface area contributed by atoms with Crippen molar-refractivity contribution in [2.75, 3.05) is 25.1 Å². The highest BCUT2D eigenvalue weighted by Gasteiger charge is 2.31. The molecule has 1 saturated heterocycles. The first-order chi connectivity index (χ1) is 12.1. The van der Waals surface area contributed by atoms with E-state index in [4.69, 9.17) is 16.3 Å². The molecule has 0 aliphatic carbocycles. The third-order valence-electron chi connectivity index (χ3n) is 4.71. The fourth-order valence-electron chi connectivity index (χ4n) is 3.27. The number of hydrogen-bond acceptors (Lipinski definition) is 5. The van der Waals surface area contributed by atoms with Gasteiger partial charge >= 0.3 is 0 Å². The van der Waals surface area contributed by atoms with Crippen molar-refractivity contribution in [1.82, 2.24) is 14.9 Å². The largest absolute Gasteiger partial charge is 0.495 e. The van der Waals surface area contributed by atoms with Crippen molar-refractivity contribution >= 4 is 23.3 Å². The zero-order chi connectivity index (χ0) is 17.6. The maximum atomic E-state index is 12.9. The molecular formula is C18H19ClN4O2. The number of aryl methyl sites for hydroxylation is 1. The number of carbonyl (C=O) groups is 1.